The average molecular weight is 249 g/mol. The molecule has 2 aliphatic carbocycles. The summed E-state index contributed by atoms with van der Waals surface area (Å²) in [6.07, 6.45) is 16.6. The summed E-state index contributed by atoms with van der Waals surface area (Å²) in [5.74, 6) is 0.382. The zero-order chi connectivity index (χ0) is 13.4. The van der Waals surface area contributed by atoms with Crippen LogP contribution in [0.15, 0.2) is 75.5 Å². The average Bonchev–Trinajstić information content (AvgIpc) is 3.02. The highest BCUT2D eigenvalue weighted by molar-refractivity contribution is 6.14. The molecule has 0 radical (unpaired) electrons. The summed E-state index contributed by atoms with van der Waals surface area (Å²) in [4.78, 5) is 4.77. The fourth-order valence-corrected chi connectivity index (χ4v) is 2.78. The third-order valence-electron chi connectivity index (χ3n) is 3.68. The van der Waals surface area contributed by atoms with E-state index in [4.69, 9.17) is 4.99 Å². The van der Waals surface area contributed by atoms with E-state index < -0.39 is 0 Å². The first-order valence-corrected chi connectivity index (χ1v) is 6.95. The Morgan fingerprint density at radius 1 is 1.32 bits per heavy atom. The van der Waals surface area contributed by atoms with E-state index in [0.717, 1.165) is 17.8 Å². The van der Waals surface area contributed by atoms with Gasteiger partial charge in [0.1, 0.15) is 0 Å². The highest BCUT2D eigenvalue weighted by Gasteiger charge is 2.27. The number of nitrogens with zero attached hydrogens (tertiary/aromatic N) is 1. The molecule has 19 heavy (non-hydrogen) atoms. The Hall–Kier alpha value is -1.89. The maximum atomic E-state index is 4.77. The van der Waals surface area contributed by atoms with Crippen LogP contribution in [0, 0.1) is 5.92 Å². The summed E-state index contributed by atoms with van der Waals surface area (Å²) in [6.45, 7) is 6.46. The number of hydrogen-bond acceptors (Lipinski definition) is 1. The van der Waals surface area contributed by atoms with Crippen LogP contribution in [-0.4, -0.2) is 5.71 Å². The van der Waals surface area contributed by atoms with Crippen LogP contribution in [0.1, 0.15) is 27.2 Å². The van der Waals surface area contributed by atoms with E-state index in [1.54, 1.807) is 0 Å². The molecule has 0 N–H and O–H groups in total. The first-order valence-electron chi connectivity index (χ1n) is 6.95. The van der Waals surface area contributed by atoms with Crippen molar-refractivity contribution in [2.75, 3.05) is 0 Å². The van der Waals surface area contributed by atoms with Crippen molar-refractivity contribution in [1.82, 2.24) is 0 Å². The second-order valence-electron chi connectivity index (χ2n) is 5.44. The van der Waals surface area contributed by atoms with Crippen LogP contribution in [0.4, 0.5) is 0 Å². The van der Waals surface area contributed by atoms with Crippen LogP contribution in [0.25, 0.3) is 0 Å². The van der Waals surface area contributed by atoms with Crippen molar-refractivity contribution in [1.29, 1.82) is 0 Å². The zero-order valence-electron chi connectivity index (χ0n) is 11.8. The van der Waals surface area contributed by atoms with E-state index >= 15 is 0 Å². The Morgan fingerprint density at radius 2 is 2.16 bits per heavy atom. The van der Waals surface area contributed by atoms with Gasteiger partial charge in [-0.15, -0.1) is 0 Å². The summed E-state index contributed by atoms with van der Waals surface area (Å²) in [5, 5.41) is 0. The molecule has 3 aliphatic rings. The number of fused-ring (bicyclic) bond motifs is 1. The lowest BCUT2D eigenvalue weighted by molar-refractivity contribution is 1.03. The van der Waals surface area contributed by atoms with E-state index in [-0.39, 0.29) is 0 Å². The maximum Gasteiger partial charge on any atom is 0.0713 e. The largest absolute Gasteiger partial charge is 0.248 e. The number of hydrogen-bond donors (Lipinski definition) is 0. The first kappa shape index (κ1) is 12.2. The second-order valence-corrected chi connectivity index (χ2v) is 5.44. The summed E-state index contributed by atoms with van der Waals surface area (Å²) in [5.41, 5.74) is 7.64. The van der Waals surface area contributed by atoms with Crippen molar-refractivity contribution in [3.8, 4) is 0 Å². The molecule has 1 heterocycles. The van der Waals surface area contributed by atoms with Crippen molar-refractivity contribution in [3.63, 3.8) is 0 Å². The topological polar surface area (TPSA) is 12.4 Å². The molecule has 1 atom stereocenters. The highest BCUT2D eigenvalue weighted by atomic mass is 14.8. The maximum absolute atomic E-state index is 4.77. The molecule has 3 rings (SSSR count). The lowest BCUT2D eigenvalue weighted by Crippen LogP contribution is -2.06. The smallest absolute Gasteiger partial charge is 0.0713 e. The number of aliphatic imine (C=N–C) groups is 1. The van der Waals surface area contributed by atoms with Gasteiger partial charge in [-0.05, 0) is 38.0 Å². The van der Waals surface area contributed by atoms with Crippen molar-refractivity contribution >= 4 is 5.71 Å². The monoisotopic (exact) mass is 249 g/mol. The van der Waals surface area contributed by atoms with Gasteiger partial charge in [-0.1, -0.05) is 48.5 Å². The molecule has 0 spiro atoms. The zero-order valence-corrected chi connectivity index (χ0v) is 11.8. The molecule has 96 valence electrons. The van der Waals surface area contributed by atoms with Gasteiger partial charge >= 0.3 is 0 Å². The predicted molar refractivity (Wildman–Crippen MR) is 82.1 cm³/mol. The lowest BCUT2D eigenvalue weighted by Gasteiger charge is -2.10. The molecular weight excluding hydrogens is 230 g/mol. The highest BCUT2D eigenvalue weighted by Crippen LogP contribution is 2.38. The number of allylic oxidation sites excluding steroid dienone is 10. The summed E-state index contributed by atoms with van der Waals surface area (Å²) < 4.78 is 0. The third kappa shape index (κ3) is 2.10. The van der Waals surface area contributed by atoms with Crippen LogP contribution in [0.5, 0.6) is 0 Å². The lowest BCUT2D eigenvalue weighted by atomic mass is 9.91. The minimum Gasteiger partial charge on any atom is -0.248 e. The van der Waals surface area contributed by atoms with Gasteiger partial charge < -0.3 is 0 Å². The van der Waals surface area contributed by atoms with Crippen LogP contribution in [-0.2, 0) is 0 Å². The van der Waals surface area contributed by atoms with E-state index in [1.165, 1.54) is 22.3 Å². The standard InChI is InChI=1S/C18H19N/c1-4-13-8-9-14(11-13)18-15-6-5-7-16(15)19-17(18)10-12(2)3/h5-11,14H,4H2,1-3H3. The van der Waals surface area contributed by atoms with Gasteiger partial charge in [0, 0.05) is 11.5 Å². The van der Waals surface area contributed by atoms with Crippen LogP contribution < -0.4 is 0 Å². The first-order chi connectivity index (χ1) is 9.19. The van der Waals surface area contributed by atoms with Crippen molar-refractivity contribution in [3.05, 3.63) is 70.5 Å². The molecule has 1 aliphatic heterocycles. The Morgan fingerprint density at radius 3 is 2.84 bits per heavy atom. The van der Waals surface area contributed by atoms with E-state index in [2.05, 4.69) is 63.3 Å². The van der Waals surface area contributed by atoms with Gasteiger partial charge in [-0.2, -0.15) is 0 Å². The van der Waals surface area contributed by atoms with Crippen molar-refractivity contribution in [2.45, 2.75) is 27.2 Å². The van der Waals surface area contributed by atoms with Crippen LogP contribution >= 0.6 is 0 Å². The Kier molecular flexibility index (Phi) is 2.98. The number of rotatable bonds is 3. The molecule has 0 bridgehead atoms. The molecule has 1 unspecified atom stereocenters. The van der Waals surface area contributed by atoms with Gasteiger partial charge in [-0.3, -0.25) is 0 Å². The summed E-state index contributed by atoms with van der Waals surface area (Å²) in [6, 6.07) is 0. The van der Waals surface area contributed by atoms with Gasteiger partial charge in [0.2, 0.25) is 0 Å². The quantitative estimate of drug-likeness (QED) is 0.688. The molecule has 1 nitrogen and oxygen atoms in total. The Bertz CT molecular complexity index is 627. The molecule has 0 aromatic heterocycles. The fourth-order valence-electron chi connectivity index (χ4n) is 2.78. The van der Waals surface area contributed by atoms with Gasteiger partial charge in [0.15, 0.2) is 0 Å². The molecule has 1 heteroatoms. The molecule has 0 aromatic rings. The molecule has 0 amide bonds. The van der Waals surface area contributed by atoms with E-state index in [9.17, 15) is 0 Å². The molecular formula is C18H19N. The second kappa shape index (κ2) is 4.65. The minimum absolute atomic E-state index is 0.382. The molecule has 0 fully saturated rings. The Labute approximate surface area is 115 Å². The van der Waals surface area contributed by atoms with E-state index in [1.807, 2.05) is 0 Å². The predicted octanol–water partition coefficient (Wildman–Crippen LogP) is 4.68. The normalized spacial score (nSPS) is 23.5. The van der Waals surface area contributed by atoms with E-state index in [0.29, 0.717) is 5.92 Å². The van der Waals surface area contributed by atoms with Gasteiger partial charge in [-0.25, -0.2) is 4.99 Å². The van der Waals surface area contributed by atoms with Crippen LogP contribution in [0.2, 0.25) is 0 Å². The fraction of sp³-hybridized carbons (Fsp3) is 0.278. The van der Waals surface area contributed by atoms with Gasteiger partial charge in [0.05, 0.1) is 11.4 Å². The molecule has 0 saturated carbocycles. The van der Waals surface area contributed by atoms with Gasteiger partial charge in [0.25, 0.3) is 0 Å². The molecule has 0 aromatic carbocycles. The summed E-state index contributed by atoms with van der Waals surface area (Å²) in [7, 11) is 0. The van der Waals surface area contributed by atoms with Crippen molar-refractivity contribution in [2.24, 2.45) is 10.9 Å². The molecule has 0 saturated heterocycles. The van der Waals surface area contributed by atoms with Crippen molar-refractivity contribution < 1.29 is 0 Å². The van der Waals surface area contributed by atoms with Crippen LogP contribution in [0.3, 0.4) is 0 Å². The minimum atomic E-state index is 0.382. The third-order valence-corrected chi connectivity index (χ3v) is 3.68. The summed E-state index contributed by atoms with van der Waals surface area (Å²) >= 11 is 0. The SMILES string of the molecule is CCC1=CC(C2=C3C=CC=C3N=C2C=C(C)C)C=C1. The Balaban J connectivity index is 2.05.